The predicted molar refractivity (Wildman–Crippen MR) is 53.7 cm³/mol. The van der Waals surface area contributed by atoms with Crippen molar-refractivity contribution in [2.75, 3.05) is 12.4 Å². The number of thioether (sulfide) groups is 1. The minimum atomic E-state index is 0.228. The van der Waals surface area contributed by atoms with E-state index in [1.807, 2.05) is 26.0 Å². The minimum Gasteiger partial charge on any atom is -0.396 e. The van der Waals surface area contributed by atoms with Gasteiger partial charge in [0.25, 0.3) is 0 Å². The van der Waals surface area contributed by atoms with Crippen LogP contribution in [0, 0.1) is 12.8 Å². The van der Waals surface area contributed by atoms with E-state index in [4.69, 9.17) is 5.11 Å². The second kappa shape index (κ2) is 5.19. The van der Waals surface area contributed by atoms with E-state index in [-0.39, 0.29) is 6.61 Å². The monoisotopic (exact) mass is 198 g/mol. The highest BCUT2D eigenvalue weighted by molar-refractivity contribution is 7.99. The molecule has 0 fully saturated rings. The molecule has 13 heavy (non-hydrogen) atoms. The standard InChI is InChI=1S/C9H14N2OS/c1-7(5-12)6-13-9-4-3-8(2)10-11-9/h3-4,7,12H,5-6H2,1-2H3. The van der Waals surface area contributed by atoms with Gasteiger partial charge in [0.15, 0.2) is 0 Å². The summed E-state index contributed by atoms with van der Waals surface area (Å²) in [5.41, 5.74) is 0.930. The van der Waals surface area contributed by atoms with Crippen LogP contribution in [0.3, 0.4) is 0 Å². The highest BCUT2D eigenvalue weighted by Crippen LogP contribution is 2.17. The number of aryl methyl sites for hydroxylation is 1. The number of aliphatic hydroxyl groups excluding tert-OH is 1. The normalized spacial score (nSPS) is 12.8. The van der Waals surface area contributed by atoms with Crippen molar-refractivity contribution in [2.45, 2.75) is 18.9 Å². The summed E-state index contributed by atoms with van der Waals surface area (Å²) in [6.07, 6.45) is 0. The lowest BCUT2D eigenvalue weighted by molar-refractivity contribution is 0.250. The largest absolute Gasteiger partial charge is 0.396 e. The second-order valence-corrected chi connectivity index (χ2v) is 4.15. The Labute approximate surface area is 82.6 Å². The van der Waals surface area contributed by atoms with Crippen molar-refractivity contribution < 1.29 is 5.11 Å². The Hall–Kier alpha value is -0.610. The third kappa shape index (κ3) is 3.74. The maximum absolute atomic E-state index is 8.81. The first kappa shape index (κ1) is 10.5. The fourth-order valence-corrected chi connectivity index (χ4v) is 1.57. The minimum absolute atomic E-state index is 0.228. The molecular formula is C9H14N2OS. The fourth-order valence-electron chi connectivity index (χ4n) is 0.744. The van der Waals surface area contributed by atoms with Crippen LogP contribution >= 0.6 is 11.8 Å². The number of rotatable bonds is 4. The van der Waals surface area contributed by atoms with Gasteiger partial charge in [0.1, 0.15) is 5.03 Å². The van der Waals surface area contributed by atoms with Crippen LogP contribution in [0.5, 0.6) is 0 Å². The van der Waals surface area contributed by atoms with Crippen LogP contribution in [-0.4, -0.2) is 27.7 Å². The van der Waals surface area contributed by atoms with E-state index in [2.05, 4.69) is 10.2 Å². The lowest BCUT2D eigenvalue weighted by atomic mass is 10.2. The summed E-state index contributed by atoms with van der Waals surface area (Å²) in [7, 11) is 0. The summed E-state index contributed by atoms with van der Waals surface area (Å²) in [5.74, 6) is 1.20. The van der Waals surface area contributed by atoms with Crippen molar-refractivity contribution in [3.63, 3.8) is 0 Å². The lowest BCUT2D eigenvalue weighted by Crippen LogP contribution is -2.03. The summed E-state index contributed by atoms with van der Waals surface area (Å²) >= 11 is 1.63. The van der Waals surface area contributed by atoms with Crippen LogP contribution in [0.15, 0.2) is 17.2 Å². The molecule has 72 valence electrons. The van der Waals surface area contributed by atoms with Gasteiger partial charge in [0.05, 0.1) is 5.69 Å². The van der Waals surface area contributed by atoms with Crippen LogP contribution in [0.1, 0.15) is 12.6 Å². The molecule has 0 aromatic carbocycles. The molecule has 1 atom stereocenters. The molecule has 0 saturated carbocycles. The Bertz CT molecular complexity index is 250. The average Bonchev–Trinajstić information content (AvgIpc) is 2.16. The number of hydrogen-bond acceptors (Lipinski definition) is 4. The highest BCUT2D eigenvalue weighted by Gasteiger charge is 2.02. The molecule has 1 aromatic heterocycles. The van der Waals surface area contributed by atoms with E-state index >= 15 is 0 Å². The first-order valence-electron chi connectivity index (χ1n) is 4.26. The quantitative estimate of drug-likeness (QED) is 0.745. The molecule has 1 aromatic rings. The van der Waals surface area contributed by atoms with Crippen molar-refractivity contribution in [1.29, 1.82) is 0 Å². The molecule has 1 unspecified atom stereocenters. The van der Waals surface area contributed by atoms with Gasteiger partial charge < -0.3 is 5.11 Å². The first-order chi connectivity index (χ1) is 6.22. The number of hydrogen-bond donors (Lipinski definition) is 1. The maximum Gasteiger partial charge on any atom is 0.119 e. The van der Waals surface area contributed by atoms with Gasteiger partial charge in [0, 0.05) is 12.4 Å². The van der Waals surface area contributed by atoms with E-state index in [1.165, 1.54) is 0 Å². The topological polar surface area (TPSA) is 46.0 Å². The number of aliphatic hydroxyl groups is 1. The van der Waals surface area contributed by atoms with Crippen LogP contribution in [0.2, 0.25) is 0 Å². The van der Waals surface area contributed by atoms with Crippen LogP contribution in [-0.2, 0) is 0 Å². The van der Waals surface area contributed by atoms with E-state index < -0.39 is 0 Å². The molecular weight excluding hydrogens is 184 g/mol. The van der Waals surface area contributed by atoms with Gasteiger partial charge in [-0.3, -0.25) is 0 Å². The van der Waals surface area contributed by atoms with Crippen molar-refractivity contribution in [1.82, 2.24) is 10.2 Å². The van der Waals surface area contributed by atoms with E-state index in [0.717, 1.165) is 16.5 Å². The van der Waals surface area contributed by atoms with Gasteiger partial charge >= 0.3 is 0 Å². The van der Waals surface area contributed by atoms with Gasteiger partial charge in [-0.2, -0.15) is 5.10 Å². The van der Waals surface area contributed by atoms with Gasteiger partial charge in [-0.05, 0) is 25.0 Å². The number of aromatic nitrogens is 2. The summed E-state index contributed by atoms with van der Waals surface area (Å²) in [4.78, 5) is 0. The molecule has 3 nitrogen and oxygen atoms in total. The zero-order valence-corrected chi connectivity index (χ0v) is 8.71. The summed E-state index contributed by atoms with van der Waals surface area (Å²) < 4.78 is 0. The Morgan fingerprint density at radius 2 is 2.23 bits per heavy atom. The summed E-state index contributed by atoms with van der Waals surface area (Å²) in [5, 5.41) is 17.7. The SMILES string of the molecule is Cc1ccc(SCC(C)CO)nn1. The van der Waals surface area contributed by atoms with Crippen LogP contribution < -0.4 is 0 Å². The van der Waals surface area contributed by atoms with Crippen molar-refractivity contribution in [3.05, 3.63) is 17.8 Å². The van der Waals surface area contributed by atoms with E-state index in [1.54, 1.807) is 11.8 Å². The zero-order valence-electron chi connectivity index (χ0n) is 7.90. The van der Waals surface area contributed by atoms with Gasteiger partial charge in [-0.15, -0.1) is 16.9 Å². The maximum atomic E-state index is 8.81. The highest BCUT2D eigenvalue weighted by atomic mass is 32.2. The average molecular weight is 198 g/mol. The Morgan fingerprint density at radius 1 is 1.46 bits per heavy atom. The smallest absolute Gasteiger partial charge is 0.119 e. The second-order valence-electron chi connectivity index (χ2n) is 3.11. The zero-order chi connectivity index (χ0) is 9.68. The van der Waals surface area contributed by atoms with Gasteiger partial charge in [0.2, 0.25) is 0 Å². The predicted octanol–water partition coefficient (Wildman–Crippen LogP) is 1.51. The molecule has 1 N–H and O–H groups in total. The molecule has 1 rings (SSSR count). The molecule has 0 aliphatic rings. The summed E-state index contributed by atoms with van der Waals surface area (Å²) in [6, 6.07) is 3.90. The molecule has 0 aliphatic carbocycles. The molecule has 4 heteroatoms. The van der Waals surface area contributed by atoms with Gasteiger partial charge in [-0.25, -0.2) is 0 Å². The van der Waals surface area contributed by atoms with Crippen molar-refractivity contribution in [2.24, 2.45) is 5.92 Å². The lowest BCUT2D eigenvalue weighted by Gasteiger charge is -2.05. The molecule has 0 amide bonds. The van der Waals surface area contributed by atoms with Crippen LogP contribution in [0.25, 0.3) is 0 Å². The van der Waals surface area contributed by atoms with E-state index in [0.29, 0.717) is 5.92 Å². The van der Waals surface area contributed by atoms with Crippen molar-refractivity contribution in [3.8, 4) is 0 Å². The molecule has 0 spiro atoms. The van der Waals surface area contributed by atoms with Crippen molar-refractivity contribution >= 4 is 11.8 Å². The number of nitrogens with zero attached hydrogens (tertiary/aromatic N) is 2. The molecule has 0 radical (unpaired) electrons. The Balaban J connectivity index is 2.41. The van der Waals surface area contributed by atoms with E-state index in [9.17, 15) is 0 Å². The Morgan fingerprint density at radius 3 is 2.77 bits per heavy atom. The Kier molecular flexibility index (Phi) is 4.18. The molecule has 0 bridgehead atoms. The third-order valence-electron chi connectivity index (χ3n) is 1.60. The third-order valence-corrected chi connectivity index (χ3v) is 2.85. The fraction of sp³-hybridized carbons (Fsp3) is 0.556. The summed E-state index contributed by atoms with van der Waals surface area (Å²) in [6.45, 7) is 4.15. The molecule has 0 saturated heterocycles. The molecule has 1 heterocycles. The first-order valence-corrected chi connectivity index (χ1v) is 5.25. The van der Waals surface area contributed by atoms with Crippen LogP contribution in [0.4, 0.5) is 0 Å². The molecule has 0 aliphatic heterocycles. The van der Waals surface area contributed by atoms with Gasteiger partial charge in [-0.1, -0.05) is 6.92 Å².